The third kappa shape index (κ3) is 3.23. The summed E-state index contributed by atoms with van der Waals surface area (Å²) < 4.78 is 0. The highest BCUT2D eigenvalue weighted by Gasteiger charge is 2.34. The van der Waals surface area contributed by atoms with E-state index in [0.29, 0.717) is 12.1 Å². The molecule has 17 heavy (non-hydrogen) atoms. The van der Waals surface area contributed by atoms with Crippen LogP contribution in [0.2, 0.25) is 0 Å². The average molecular weight is 238 g/mol. The predicted molar refractivity (Wildman–Crippen MR) is 74.0 cm³/mol. The molecule has 2 fully saturated rings. The van der Waals surface area contributed by atoms with Crippen LogP contribution in [0, 0.1) is 5.92 Å². The van der Waals surface area contributed by atoms with Crippen LogP contribution in [0.1, 0.15) is 65.2 Å². The highest BCUT2D eigenvalue weighted by molar-refractivity contribution is 4.91. The van der Waals surface area contributed by atoms with E-state index in [4.69, 9.17) is 5.73 Å². The lowest BCUT2D eigenvalue weighted by Gasteiger charge is -2.43. The maximum atomic E-state index is 6.40. The van der Waals surface area contributed by atoms with Gasteiger partial charge in [-0.3, -0.25) is 4.90 Å². The Kier molecular flexibility index (Phi) is 4.87. The van der Waals surface area contributed by atoms with Crippen LogP contribution in [-0.4, -0.2) is 29.6 Å². The van der Waals surface area contributed by atoms with Gasteiger partial charge in [0.1, 0.15) is 0 Å². The molecule has 0 aromatic carbocycles. The van der Waals surface area contributed by atoms with Crippen LogP contribution in [0.3, 0.4) is 0 Å². The second-order valence-electron chi connectivity index (χ2n) is 6.30. The third-order valence-corrected chi connectivity index (χ3v) is 4.95. The molecule has 1 aliphatic heterocycles. The molecule has 1 heterocycles. The normalized spacial score (nSPS) is 41.1. The molecule has 1 saturated carbocycles. The topological polar surface area (TPSA) is 29.3 Å². The van der Waals surface area contributed by atoms with Crippen molar-refractivity contribution in [3.8, 4) is 0 Å². The minimum absolute atomic E-state index is 0.429. The minimum Gasteiger partial charge on any atom is -0.326 e. The van der Waals surface area contributed by atoms with Crippen LogP contribution in [0.4, 0.5) is 0 Å². The Labute approximate surface area is 107 Å². The summed E-state index contributed by atoms with van der Waals surface area (Å²) in [5.74, 6) is 0.876. The molecule has 1 saturated heterocycles. The summed E-state index contributed by atoms with van der Waals surface area (Å²) in [7, 11) is 0. The molecule has 0 spiro atoms. The number of hydrogen-bond donors (Lipinski definition) is 1. The van der Waals surface area contributed by atoms with Gasteiger partial charge in [0.2, 0.25) is 0 Å². The van der Waals surface area contributed by atoms with Gasteiger partial charge in [-0.25, -0.2) is 0 Å². The van der Waals surface area contributed by atoms with Crippen LogP contribution >= 0.6 is 0 Å². The first-order valence-corrected chi connectivity index (χ1v) is 7.73. The zero-order valence-corrected chi connectivity index (χ0v) is 11.7. The standard InChI is InChI=1S/C15H30N2/c1-3-13-7-5-4-6-10-17(13)15-11-12(2)8-9-14(15)16/h12-15H,3-11,16H2,1-2H3. The molecule has 2 aliphatic rings. The number of nitrogens with zero attached hydrogens (tertiary/aromatic N) is 1. The van der Waals surface area contributed by atoms with Crippen LogP contribution in [-0.2, 0) is 0 Å². The first kappa shape index (κ1) is 13.4. The number of hydrogen-bond acceptors (Lipinski definition) is 2. The maximum absolute atomic E-state index is 6.40. The highest BCUT2D eigenvalue weighted by Crippen LogP contribution is 2.31. The molecule has 0 radical (unpaired) electrons. The van der Waals surface area contributed by atoms with Gasteiger partial charge < -0.3 is 5.73 Å². The van der Waals surface area contributed by atoms with Gasteiger partial charge in [-0.1, -0.05) is 26.7 Å². The molecule has 4 unspecified atom stereocenters. The quantitative estimate of drug-likeness (QED) is 0.800. The fourth-order valence-electron chi connectivity index (χ4n) is 3.83. The molecule has 100 valence electrons. The van der Waals surface area contributed by atoms with Gasteiger partial charge in [0.25, 0.3) is 0 Å². The summed E-state index contributed by atoms with van der Waals surface area (Å²) >= 11 is 0. The Bertz CT molecular complexity index is 229. The fourth-order valence-corrected chi connectivity index (χ4v) is 3.83. The van der Waals surface area contributed by atoms with Gasteiger partial charge in [-0.15, -0.1) is 0 Å². The van der Waals surface area contributed by atoms with E-state index in [1.165, 1.54) is 57.9 Å². The molecule has 0 bridgehead atoms. The predicted octanol–water partition coefficient (Wildman–Crippen LogP) is 3.16. The van der Waals surface area contributed by atoms with Crippen molar-refractivity contribution in [2.24, 2.45) is 11.7 Å². The Morgan fingerprint density at radius 1 is 1.12 bits per heavy atom. The van der Waals surface area contributed by atoms with E-state index in [-0.39, 0.29) is 0 Å². The van der Waals surface area contributed by atoms with Crippen LogP contribution in [0.25, 0.3) is 0 Å². The zero-order chi connectivity index (χ0) is 12.3. The van der Waals surface area contributed by atoms with Gasteiger partial charge in [0, 0.05) is 18.1 Å². The minimum atomic E-state index is 0.429. The van der Waals surface area contributed by atoms with Crippen molar-refractivity contribution in [3.05, 3.63) is 0 Å². The molecule has 0 aromatic rings. The van der Waals surface area contributed by atoms with Gasteiger partial charge >= 0.3 is 0 Å². The van der Waals surface area contributed by atoms with E-state index in [9.17, 15) is 0 Å². The second-order valence-corrected chi connectivity index (χ2v) is 6.30. The van der Waals surface area contributed by atoms with Gasteiger partial charge in [-0.2, -0.15) is 0 Å². The molecule has 2 rings (SSSR count). The summed E-state index contributed by atoms with van der Waals surface area (Å²) in [6.45, 7) is 6.04. The number of rotatable bonds is 2. The monoisotopic (exact) mass is 238 g/mol. The number of nitrogens with two attached hydrogens (primary N) is 1. The molecular formula is C15H30N2. The van der Waals surface area contributed by atoms with Gasteiger partial charge in [0.05, 0.1) is 0 Å². The molecule has 2 heteroatoms. The van der Waals surface area contributed by atoms with Crippen LogP contribution in [0.15, 0.2) is 0 Å². The van der Waals surface area contributed by atoms with E-state index >= 15 is 0 Å². The van der Waals surface area contributed by atoms with Gasteiger partial charge in [0.15, 0.2) is 0 Å². The summed E-state index contributed by atoms with van der Waals surface area (Å²) in [6, 6.07) is 1.90. The molecule has 1 aliphatic carbocycles. The highest BCUT2D eigenvalue weighted by atomic mass is 15.2. The Balaban J connectivity index is 2.05. The molecule has 2 nitrogen and oxygen atoms in total. The fraction of sp³-hybridized carbons (Fsp3) is 1.00. The van der Waals surface area contributed by atoms with E-state index in [0.717, 1.165) is 12.0 Å². The van der Waals surface area contributed by atoms with E-state index < -0.39 is 0 Å². The third-order valence-electron chi connectivity index (χ3n) is 4.95. The van der Waals surface area contributed by atoms with E-state index in [1.807, 2.05) is 0 Å². The Morgan fingerprint density at radius 2 is 1.94 bits per heavy atom. The molecule has 4 atom stereocenters. The van der Waals surface area contributed by atoms with Crippen molar-refractivity contribution in [2.75, 3.05) is 6.54 Å². The van der Waals surface area contributed by atoms with Crippen molar-refractivity contribution in [1.29, 1.82) is 0 Å². The average Bonchev–Trinajstić information content (AvgIpc) is 2.57. The Hall–Kier alpha value is -0.0800. The molecule has 2 N–H and O–H groups in total. The summed E-state index contributed by atoms with van der Waals surface area (Å²) in [6.07, 6.45) is 10.8. The van der Waals surface area contributed by atoms with Crippen LogP contribution in [0.5, 0.6) is 0 Å². The summed E-state index contributed by atoms with van der Waals surface area (Å²) in [5.41, 5.74) is 6.40. The second kappa shape index (κ2) is 6.19. The van der Waals surface area contributed by atoms with Gasteiger partial charge in [-0.05, 0) is 51.0 Å². The SMILES string of the molecule is CCC1CCCCCN1C1CC(C)CCC1N. The Morgan fingerprint density at radius 3 is 2.71 bits per heavy atom. The molecule has 0 aromatic heterocycles. The van der Waals surface area contributed by atoms with Crippen molar-refractivity contribution in [2.45, 2.75) is 83.3 Å². The maximum Gasteiger partial charge on any atom is 0.0252 e. The van der Waals surface area contributed by atoms with Crippen molar-refractivity contribution >= 4 is 0 Å². The van der Waals surface area contributed by atoms with Crippen molar-refractivity contribution in [3.63, 3.8) is 0 Å². The lowest BCUT2D eigenvalue weighted by atomic mass is 9.82. The lowest BCUT2D eigenvalue weighted by Crippen LogP contribution is -2.54. The first-order valence-electron chi connectivity index (χ1n) is 7.73. The smallest absolute Gasteiger partial charge is 0.0252 e. The van der Waals surface area contributed by atoms with Crippen molar-refractivity contribution in [1.82, 2.24) is 4.90 Å². The lowest BCUT2D eigenvalue weighted by molar-refractivity contribution is 0.0743. The molecule has 0 amide bonds. The van der Waals surface area contributed by atoms with E-state index in [2.05, 4.69) is 18.7 Å². The van der Waals surface area contributed by atoms with Crippen LogP contribution < -0.4 is 5.73 Å². The zero-order valence-electron chi connectivity index (χ0n) is 11.7. The van der Waals surface area contributed by atoms with E-state index in [1.54, 1.807) is 0 Å². The first-order chi connectivity index (χ1) is 8.22. The summed E-state index contributed by atoms with van der Waals surface area (Å²) in [5, 5.41) is 0. The summed E-state index contributed by atoms with van der Waals surface area (Å²) in [4.78, 5) is 2.79. The number of likely N-dealkylation sites (tertiary alicyclic amines) is 1. The van der Waals surface area contributed by atoms with Crippen molar-refractivity contribution < 1.29 is 0 Å². The molecular weight excluding hydrogens is 208 g/mol. The largest absolute Gasteiger partial charge is 0.326 e.